The summed E-state index contributed by atoms with van der Waals surface area (Å²) in [6.45, 7) is 4.09. The molecule has 2 aliphatic rings. The lowest BCUT2D eigenvalue weighted by molar-refractivity contribution is 0.174. The zero-order chi connectivity index (χ0) is 20.5. The lowest BCUT2D eigenvalue weighted by Gasteiger charge is -2.34. The molecule has 7 heteroatoms. The molecule has 0 radical (unpaired) electrons. The summed E-state index contributed by atoms with van der Waals surface area (Å²) >= 11 is 0. The monoisotopic (exact) mass is 406 g/mol. The number of aromatic nitrogens is 5. The molecule has 0 spiro atoms. The number of likely N-dealkylation sites (tertiary alicyclic amines) is 1. The first-order chi connectivity index (χ1) is 14.7. The van der Waals surface area contributed by atoms with Crippen molar-refractivity contribution in [3.63, 3.8) is 0 Å². The number of aromatic amines is 1. The molecule has 1 saturated carbocycles. The van der Waals surface area contributed by atoms with Crippen molar-refractivity contribution in [1.82, 2.24) is 30.1 Å². The molecule has 0 amide bonds. The van der Waals surface area contributed by atoms with Crippen LogP contribution in [0.15, 0.2) is 29.1 Å². The number of rotatable bonds is 5. The smallest absolute Gasteiger partial charge is 0.253 e. The fourth-order valence-corrected chi connectivity index (χ4v) is 5.16. The van der Waals surface area contributed by atoms with Gasteiger partial charge in [-0.05, 0) is 84.8 Å². The summed E-state index contributed by atoms with van der Waals surface area (Å²) in [7, 11) is 0. The molecule has 1 saturated heterocycles. The molecule has 158 valence electrons. The minimum absolute atomic E-state index is 0.0386. The van der Waals surface area contributed by atoms with Gasteiger partial charge in [-0.1, -0.05) is 32.3 Å². The molecule has 1 aromatic carbocycles. The molecule has 2 aromatic heterocycles. The van der Waals surface area contributed by atoms with E-state index in [0.29, 0.717) is 6.04 Å². The molecule has 30 heavy (non-hydrogen) atoms. The number of nitrogens with one attached hydrogen (secondary N) is 1. The van der Waals surface area contributed by atoms with E-state index in [1.54, 1.807) is 0 Å². The third-order valence-corrected chi connectivity index (χ3v) is 6.83. The van der Waals surface area contributed by atoms with E-state index in [4.69, 9.17) is 0 Å². The molecule has 0 bridgehead atoms. The van der Waals surface area contributed by atoms with E-state index < -0.39 is 0 Å². The van der Waals surface area contributed by atoms with Crippen molar-refractivity contribution >= 4 is 10.9 Å². The Balaban J connectivity index is 1.65. The minimum atomic E-state index is -0.209. The molecule has 3 aromatic rings. The number of tetrazole rings is 1. The summed E-state index contributed by atoms with van der Waals surface area (Å²) in [4.78, 5) is 18.8. The molecule has 1 aliphatic heterocycles. The van der Waals surface area contributed by atoms with Crippen molar-refractivity contribution in [2.75, 3.05) is 13.1 Å². The summed E-state index contributed by atoms with van der Waals surface area (Å²) in [6, 6.07) is 8.48. The van der Waals surface area contributed by atoms with E-state index in [0.717, 1.165) is 67.5 Å². The molecule has 1 atom stereocenters. The fourth-order valence-electron chi connectivity index (χ4n) is 5.16. The van der Waals surface area contributed by atoms with E-state index in [-0.39, 0.29) is 11.6 Å². The standard InChI is InChI=1S/C23H30N6O/c1-2-16-10-11-20-17(14-16)15-19(23(30)24-20)21(28-12-6-3-7-13-28)22-25-26-27-29(22)18-8-4-5-9-18/h10-11,14-15,18,21H,2-9,12-13H2,1H3,(H,24,30). The maximum absolute atomic E-state index is 13.2. The van der Waals surface area contributed by atoms with Crippen LogP contribution < -0.4 is 5.56 Å². The van der Waals surface area contributed by atoms with Crippen molar-refractivity contribution in [1.29, 1.82) is 0 Å². The van der Waals surface area contributed by atoms with Crippen LogP contribution in [0.5, 0.6) is 0 Å². The van der Waals surface area contributed by atoms with Crippen LogP contribution in [-0.2, 0) is 6.42 Å². The van der Waals surface area contributed by atoms with Crippen molar-refractivity contribution in [3.05, 3.63) is 51.6 Å². The Kier molecular flexibility index (Phi) is 5.37. The normalized spacial score (nSPS) is 19.5. The first-order valence-corrected chi connectivity index (χ1v) is 11.4. The fraction of sp³-hybridized carbons (Fsp3) is 0.565. The molecule has 1 aliphatic carbocycles. The summed E-state index contributed by atoms with van der Waals surface area (Å²) in [5.41, 5.74) is 2.87. The average molecular weight is 407 g/mol. The third kappa shape index (κ3) is 3.55. The molecule has 3 heterocycles. The zero-order valence-electron chi connectivity index (χ0n) is 17.7. The number of H-pyrrole nitrogens is 1. The first-order valence-electron chi connectivity index (χ1n) is 11.4. The van der Waals surface area contributed by atoms with Gasteiger partial charge in [-0.2, -0.15) is 0 Å². The molecule has 5 rings (SSSR count). The van der Waals surface area contributed by atoms with Gasteiger partial charge >= 0.3 is 0 Å². The SMILES string of the molecule is CCc1ccc2[nH]c(=O)c(C(c3nnnn3C3CCCC3)N3CCCCC3)cc2c1. The van der Waals surface area contributed by atoms with E-state index in [9.17, 15) is 4.79 Å². The number of hydrogen-bond acceptors (Lipinski definition) is 5. The molecular weight excluding hydrogens is 376 g/mol. The topological polar surface area (TPSA) is 79.7 Å². The highest BCUT2D eigenvalue weighted by molar-refractivity contribution is 5.80. The number of pyridine rings is 1. The Hall–Kier alpha value is -2.54. The van der Waals surface area contributed by atoms with E-state index in [1.807, 2.05) is 10.7 Å². The van der Waals surface area contributed by atoms with E-state index >= 15 is 0 Å². The Labute approximate surface area is 176 Å². The van der Waals surface area contributed by atoms with Crippen molar-refractivity contribution in [2.45, 2.75) is 70.4 Å². The molecule has 1 unspecified atom stereocenters. The molecule has 2 fully saturated rings. The number of fused-ring (bicyclic) bond motifs is 1. The zero-order valence-corrected chi connectivity index (χ0v) is 17.7. The molecule has 1 N–H and O–H groups in total. The van der Waals surface area contributed by atoms with Crippen LogP contribution in [0.25, 0.3) is 10.9 Å². The highest BCUT2D eigenvalue weighted by Crippen LogP contribution is 2.34. The Morgan fingerprint density at radius 3 is 2.67 bits per heavy atom. The summed E-state index contributed by atoms with van der Waals surface area (Å²) in [6.07, 6.45) is 9.16. The largest absolute Gasteiger partial charge is 0.322 e. The quantitative estimate of drug-likeness (QED) is 0.698. The van der Waals surface area contributed by atoms with Gasteiger partial charge in [0.15, 0.2) is 5.82 Å². The van der Waals surface area contributed by atoms with Crippen molar-refractivity contribution in [2.24, 2.45) is 0 Å². The van der Waals surface area contributed by atoms with Gasteiger partial charge in [0.05, 0.1) is 6.04 Å². The van der Waals surface area contributed by atoms with Crippen LogP contribution in [0, 0.1) is 0 Å². The lowest BCUT2D eigenvalue weighted by atomic mass is 9.99. The average Bonchev–Trinajstić information content (AvgIpc) is 3.47. The van der Waals surface area contributed by atoms with Crippen molar-refractivity contribution in [3.8, 4) is 0 Å². The maximum Gasteiger partial charge on any atom is 0.253 e. The second-order valence-corrected chi connectivity index (χ2v) is 8.75. The van der Waals surface area contributed by atoms with Gasteiger partial charge in [0.25, 0.3) is 5.56 Å². The van der Waals surface area contributed by atoms with Gasteiger partial charge < -0.3 is 4.98 Å². The van der Waals surface area contributed by atoms with Crippen LogP contribution in [0.4, 0.5) is 0 Å². The summed E-state index contributed by atoms with van der Waals surface area (Å²) in [5, 5.41) is 14.0. The van der Waals surface area contributed by atoms with Gasteiger partial charge in [-0.15, -0.1) is 5.10 Å². The second kappa shape index (κ2) is 8.30. The maximum atomic E-state index is 13.2. The molecular formula is C23H30N6O. The molecule has 7 nitrogen and oxygen atoms in total. The van der Waals surface area contributed by atoms with Crippen LogP contribution in [0.3, 0.4) is 0 Å². The highest BCUT2D eigenvalue weighted by Gasteiger charge is 2.33. The third-order valence-electron chi connectivity index (χ3n) is 6.83. The van der Waals surface area contributed by atoms with E-state index in [1.165, 1.54) is 24.8 Å². The van der Waals surface area contributed by atoms with Crippen LogP contribution in [-0.4, -0.2) is 43.2 Å². The van der Waals surface area contributed by atoms with Gasteiger partial charge in [0.1, 0.15) is 6.04 Å². The Morgan fingerprint density at radius 2 is 1.90 bits per heavy atom. The second-order valence-electron chi connectivity index (χ2n) is 8.75. The number of hydrogen-bond donors (Lipinski definition) is 1. The number of benzene rings is 1. The van der Waals surface area contributed by atoms with Gasteiger partial charge in [0.2, 0.25) is 0 Å². The summed E-state index contributed by atoms with van der Waals surface area (Å²) < 4.78 is 2.01. The number of nitrogens with zero attached hydrogens (tertiary/aromatic N) is 5. The lowest BCUT2D eigenvalue weighted by Crippen LogP contribution is -2.38. The summed E-state index contributed by atoms with van der Waals surface area (Å²) in [5.74, 6) is 0.820. The predicted octanol–water partition coefficient (Wildman–Crippen LogP) is 3.77. The number of aryl methyl sites for hydroxylation is 1. The highest BCUT2D eigenvalue weighted by atomic mass is 16.1. The minimum Gasteiger partial charge on any atom is -0.322 e. The van der Waals surface area contributed by atoms with Crippen molar-refractivity contribution < 1.29 is 0 Å². The Morgan fingerprint density at radius 1 is 1.10 bits per heavy atom. The van der Waals surface area contributed by atoms with Crippen LogP contribution >= 0.6 is 0 Å². The van der Waals surface area contributed by atoms with Gasteiger partial charge in [-0.25, -0.2) is 4.68 Å². The Bertz CT molecular complexity index is 1070. The van der Waals surface area contributed by atoms with Gasteiger partial charge in [0, 0.05) is 11.1 Å². The predicted molar refractivity (Wildman–Crippen MR) is 117 cm³/mol. The van der Waals surface area contributed by atoms with Crippen LogP contribution in [0.2, 0.25) is 0 Å². The van der Waals surface area contributed by atoms with Crippen LogP contribution in [0.1, 0.15) is 80.9 Å². The van der Waals surface area contributed by atoms with Gasteiger partial charge in [-0.3, -0.25) is 9.69 Å². The van der Waals surface area contributed by atoms with E-state index in [2.05, 4.69) is 50.5 Å². The number of piperidine rings is 1. The first kappa shape index (κ1) is 19.4.